The van der Waals surface area contributed by atoms with E-state index in [1.807, 2.05) is 12.1 Å². The van der Waals surface area contributed by atoms with Crippen molar-refractivity contribution in [1.29, 1.82) is 0 Å². The number of carbonyl (C=O) groups is 2. The van der Waals surface area contributed by atoms with E-state index in [4.69, 9.17) is 10.5 Å². The minimum atomic E-state index is -0.481. The number of aromatic nitrogens is 2. The normalized spacial score (nSPS) is 16.9. The van der Waals surface area contributed by atoms with Crippen molar-refractivity contribution < 1.29 is 14.3 Å². The van der Waals surface area contributed by atoms with E-state index in [1.54, 1.807) is 18.6 Å². The molecule has 2 aliphatic heterocycles. The number of primary amides is 1. The number of nitrogens with two attached hydrogens (primary N) is 1. The second-order valence-electron chi connectivity index (χ2n) is 7.51. The average molecular weight is 395 g/mol. The van der Waals surface area contributed by atoms with Gasteiger partial charge in [-0.25, -0.2) is 9.78 Å². The first-order valence-electron chi connectivity index (χ1n) is 9.97. The summed E-state index contributed by atoms with van der Waals surface area (Å²) in [4.78, 5) is 34.3. The summed E-state index contributed by atoms with van der Waals surface area (Å²) in [7, 11) is 0. The maximum Gasteiger partial charge on any atom is 0.320 e. The van der Waals surface area contributed by atoms with Gasteiger partial charge in [0.2, 0.25) is 5.91 Å². The van der Waals surface area contributed by atoms with Crippen LogP contribution in [0.25, 0.3) is 11.1 Å². The second-order valence-corrected chi connectivity index (χ2v) is 7.51. The molecule has 0 radical (unpaired) electrons. The van der Waals surface area contributed by atoms with Crippen LogP contribution in [0.3, 0.4) is 0 Å². The summed E-state index contributed by atoms with van der Waals surface area (Å²) in [5.41, 5.74) is 9.11. The van der Waals surface area contributed by atoms with Gasteiger partial charge in [-0.15, -0.1) is 0 Å². The largest absolute Gasteiger partial charge is 0.381 e. The van der Waals surface area contributed by atoms with Crippen LogP contribution in [0, 0.1) is 0 Å². The van der Waals surface area contributed by atoms with Gasteiger partial charge in [0, 0.05) is 55.5 Å². The van der Waals surface area contributed by atoms with Gasteiger partial charge in [-0.2, -0.15) is 0 Å². The van der Waals surface area contributed by atoms with Gasteiger partial charge in [0.25, 0.3) is 0 Å². The zero-order valence-corrected chi connectivity index (χ0v) is 16.3. The van der Waals surface area contributed by atoms with Gasteiger partial charge in [0.05, 0.1) is 6.42 Å². The molecule has 2 aliphatic rings. The molecule has 2 aromatic rings. The van der Waals surface area contributed by atoms with Crippen molar-refractivity contribution in [1.82, 2.24) is 15.3 Å². The Balaban J connectivity index is 1.48. The molecule has 1 saturated heterocycles. The maximum absolute atomic E-state index is 12.4. The Kier molecular flexibility index (Phi) is 5.71. The van der Waals surface area contributed by atoms with Crippen LogP contribution >= 0.6 is 0 Å². The molecule has 2 aromatic heterocycles. The van der Waals surface area contributed by atoms with Crippen LogP contribution in [-0.4, -0.2) is 47.7 Å². The van der Waals surface area contributed by atoms with Gasteiger partial charge in [-0.05, 0) is 48.9 Å². The number of aryl methyl sites for hydroxylation is 1. The van der Waals surface area contributed by atoms with Crippen LogP contribution < -0.4 is 16.0 Å². The predicted octanol–water partition coefficient (Wildman–Crippen LogP) is 1.81. The average Bonchev–Trinajstić information content (AvgIpc) is 2.73. The number of hydrogen-bond acceptors (Lipinski definition) is 5. The van der Waals surface area contributed by atoms with Gasteiger partial charge in [-0.3, -0.25) is 14.7 Å². The van der Waals surface area contributed by atoms with Crippen LogP contribution in [0.15, 0.2) is 30.7 Å². The Bertz CT molecular complexity index is 911. The molecule has 3 N–H and O–H groups in total. The van der Waals surface area contributed by atoms with Gasteiger partial charge >= 0.3 is 6.03 Å². The monoisotopic (exact) mass is 395 g/mol. The zero-order chi connectivity index (χ0) is 20.2. The first-order valence-corrected chi connectivity index (χ1v) is 9.97. The molecule has 4 heterocycles. The standard InChI is InChI=1S/C21H25N5O3/c22-21(28)26-5-1-2-15-10-17(13-24-20(15)26)16-8-14(11-23-12-16)9-19(27)25-18-3-6-29-7-4-18/h8,10-13,18H,1-7,9H2,(H2,22,28)(H,25,27). The van der Waals surface area contributed by atoms with E-state index in [0.29, 0.717) is 25.6 Å². The first-order chi connectivity index (χ1) is 14.1. The van der Waals surface area contributed by atoms with Gasteiger partial charge in [-0.1, -0.05) is 0 Å². The van der Waals surface area contributed by atoms with E-state index in [1.165, 1.54) is 4.90 Å². The SMILES string of the molecule is NC(=O)N1CCCc2cc(-c3cncc(CC(=O)NC4CCOCC4)c3)cnc21. The summed E-state index contributed by atoms with van der Waals surface area (Å²) < 4.78 is 5.33. The number of urea groups is 1. The number of carbonyl (C=O) groups excluding carboxylic acids is 2. The highest BCUT2D eigenvalue weighted by molar-refractivity contribution is 5.91. The van der Waals surface area contributed by atoms with Crippen molar-refractivity contribution in [2.24, 2.45) is 5.73 Å². The molecule has 3 amide bonds. The Morgan fingerprint density at radius 3 is 2.76 bits per heavy atom. The van der Waals surface area contributed by atoms with Gasteiger partial charge in [0.1, 0.15) is 5.82 Å². The maximum atomic E-state index is 12.4. The van der Waals surface area contributed by atoms with Crippen molar-refractivity contribution in [2.75, 3.05) is 24.7 Å². The van der Waals surface area contributed by atoms with E-state index in [-0.39, 0.29) is 18.4 Å². The van der Waals surface area contributed by atoms with E-state index in [9.17, 15) is 9.59 Å². The third kappa shape index (κ3) is 4.54. The van der Waals surface area contributed by atoms with Crippen LogP contribution in [0.2, 0.25) is 0 Å². The first kappa shape index (κ1) is 19.3. The van der Waals surface area contributed by atoms with Crippen molar-refractivity contribution in [2.45, 2.75) is 38.1 Å². The number of amides is 3. The molecule has 152 valence electrons. The van der Waals surface area contributed by atoms with Crippen LogP contribution in [0.5, 0.6) is 0 Å². The summed E-state index contributed by atoms with van der Waals surface area (Å²) in [6.07, 6.45) is 8.90. The molecule has 0 saturated carbocycles. The smallest absolute Gasteiger partial charge is 0.320 e. The molecule has 0 unspecified atom stereocenters. The Labute approximate surface area is 169 Å². The lowest BCUT2D eigenvalue weighted by Gasteiger charge is -2.26. The lowest BCUT2D eigenvalue weighted by Crippen LogP contribution is -2.40. The molecule has 0 aliphatic carbocycles. The molecule has 1 fully saturated rings. The lowest BCUT2D eigenvalue weighted by molar-refractivity contribution is -0.121. The summed E-state index contributed by atoms with van der Waals surface area (Å²) >= 11 is 0. The summed E-state index contributed by atoms with van der Waals surface area (Å²) in [5, 5.41) is 3.07. The molecule has 4 rings (SSSR count). The Morgan fingerprint density at radius 1 is 1.17 bits per heavy atom. The number of ether oxygens (including phenoxy) is 1. The minimum absolute atomic E-state index is 0.00323. The minimum Gasteiger partial charge on any atom is -0.381 e. The zero-order valence-electron chi connectivity index (χ0n) is 16.3. The number of pyridine rings is 2. The molecule has 0 spiro atoms. The second kappa shape index (κ2) is 8.57. The highest BCUT2D eigenvalue weighted by Crippen LogP contribution is 2.29. The van der Waals surface area contributed by atoms with E-state index in [0.717, 1.165) is 47.9 Å². The quantitative estimate of drug-likeness (QED) is 0.820. The fourth-order valence-corrected chi connectivity index (χ4v) is 3.88. The van der Waals surface area contributed by atoms with Crippen LogP contribution in [-0.2, 0) is 22.4 Å². The summed E-state index contributed by atoms with van der Waals surface area (Å²) in [6.45, 7) is 1.98. The van der Waals surface area contributed by atoms with Crippen molar-refractivity contribution in [3.8, 4) is 11.1 Å². The van der Waals surface area contributed by atoms with E-state index in [2.05, 4.69) is 15.3 Å². The predicted molar refractivity (Wildman–Crippen MR) is 108 cm³/mol. The number of rotatable bonds is 4. The summed E-state index contributed by atoms with van der Waals surface area (Å²) in [5.74, 6) is 0.629. The molecular weight excluding hydrogens is 370 g/mol. The number of nitrogens with zero attached hydrogens (tertiary/aromatic N) is 3. The summed E-state index contributed by atoms with van der Waals surface area (Å²) in [6, 6.07) is 3.70. The molecule has 29 heavy (non-hydrogen) atoms. The molecule has 0 atom stereocenters. The lowest BCUT2D eigenvalue weighted by atomic mass is 10.00. The van der Waals surface area contributed by atoms with E-state index < -0.39 is 6.03 Å². The van der Waals surface area contributed by atoms with Crippen molar-refractivity contribution >= 4 is 17.8 Å². The highest BCUT2D eigenvalue weighted by Gasteiger charge is 2.22. The highest BCUT2D eigenvalue weighted by atomic mass is 16.5. The molecular formula is C21H25N5O3. The number of anilines is 1. The number of hydrogen-bond donors (Lipinski definition) is 2. The fraction of sp³-hybridized carbons (Fsp3) is 0.429. The number of nitrogens with one attached hydrogen (secondary N) is 1. The Morgan fingerprint density at radius 2 is 1.97 bits per heavy atom. The molecule has 8 nitrogen and oxygen atoms in total. The molecule has 0 bridgehead atoms. The van der Waals surface area contributed by atoms with Crippen molar-refractivity contribution in [3.05, 3.63) is 41.9 Å². The third-order valence-corrected chi connectivity index (χ3v) is 5.37. The molecule has 8 heteroatoms. The van der Waals surface area contributed by atoms with Crippen molar-refractivity contribution in [3.63, 3.8) is 0 Å². The van der Waals surface area contributed by atoms with E-state index >= 15 is 0 Å². The fourth-order valence-electron chi connectivity index (χ4n) is 3.88. The third-order valence-electron chi connectivity index (χ3n) is 5.37. The van der Waals surface area contributed by atoms with Gasteiger partial charge in [0.15, 0.2) is 0 Å². The topological polar surface area (TPSA) is 110 Å². The van der Waals surface area contributed by atoms with Gasteiger partial charge < -0.3 is 15.8 Å². The van der Waals surface area contributed by atoms with Crippen LogP contribution in [0.4, 0.5) is 10.6 Å². The number of fused-ring (bicyclic) bond motifs is 1. The molecule has 0 aromatic carbocycles. The Hall–Kier alpha value is -3.00. The van der Waals surface area contributed by atoms with Crippen LogP contribution in [0.1, 0.15) is 30.4 Å².